The maximum atomic E-state index is 13.5. The summed E-state index contributed by atoms with van der Waals surface area (Å²) in [6.07, 6.45) is 0.474. The average molecular weight is 455 g/mol. The molecule has 2 aliphatic heterocycles. The van der Waals surface area contributed by atoms with Gasteiger partial charge in [0.15, 0.2) is 0 Å². The maximum absolute atomic E-state index is 13.5. The molecule has 178 valence electrons. The number of amides is 3. The summed E-state index contributed by atoms with van der Waals surface area (Å²) < 4.78 is 38.5. The van der Waals surface area contributed by atoms with Crippen molar-refractivity contribution in [2.75, 3.05) is 26.2 Å². The molecule has 1 aromatic rings. The highest BCUT2D eigenvalue weighted by Gasteiger charge is 2.58. The van der Waals surface area contributed by atoms with E-state index in [2.05, 4.69) is 4.98 Å². The fraction of sp³-hybridized carbons (Fsp3) is 0.696. The number of alkyl halides is 3. The Balaban J connectivity index is 1.69. The van der Waals surface area contributed by atoms with Gasteiger partial charge in [0.25, 0.3) is 5.91 Å². The molecule has 1 spiro atoms. The van der Waals surface area contributed by atoms with E-state index >= 15 is 0 Å². The second kappa shape index (κ2) is 9.77. The summed E-state index contributed by atoms with van der Waals surface area (Å²) >= 11 is 0. The van der Waals surface area contributed by atoms with Gasteiger partial charge in [0.1, 0.15) is 5.54 Å². The van der Waals surface area contributed by atoms with Gasteiger partial charge in [-0.25, -0.2) is 4.79 Å². The van der Waals surface area contributed by atoms with Crippen molar-refractivity contribution in [3.05, 3.63) is 30.1 Å². The molecule has 3 rings (SSSR count). The molecule has 2 saturated heterocycles. The molecule has 2 fully saturated rings. The number of piperidine rings is 1. The SMILES string of the molecule is CC(C)CN1C(=O)N(CCCc2cccnc2)C(=O)C12CCN([C@@H](C)CC(F)(F)F)CC2. The summed E-state index contributed by atoms with van der Waals surface area (Å²) in [7, 11) is 0. The van der Waals surface area contributed by atoms with Gasteiger partial charge in [0, 0.05) is 44.6 Å². The first kappa shape index (κ1) is 24.5. The number of carbonyl (C=O) groups is 2. The van der Waals surface area contributed by atoms with Crippen molar-refractivity contribution in [2.45, 2.75) is 70.6 Å². The number of halogens is 3. The van der Waals surface area contributed by atoms with Crippen molar-refractivity contribution in [2.24, 2.45) is 5.92 Å². The minimum Gasteiger partial charge on any atom is -0.309 e. The van der Waals surface area contributed by atoms with Gasteiger partial charge in [-0.1, -0.05) is 19.9 Å². The van der Waals surface area contributed by atoms with Crippen molar-refractivity contribution < 1.29 is 22.8 Å². The first-order chi connectivity index (χ1) is 15.0. The minimum absolute atomic E-state index is 0.182. The summed E-state index contributed by atoms with van der Waals surface area (Å²) in [4.78, 5) is 35.6. The summed E-state index contributed by atoms with van der Waals surface area (Å²) in [5, 5.41) is 0. The van der Waals surface area contributed by atoms with Crippen LogP contribution in [0, 0.1) is 5.92 Å². The standard InChI is InChI=1S/C23H33F3N4O2/c1-17(2)16-30-21(32)29(11-5-7-19-6-4-10-27-15-19)20(31)22(30)8-12-28(13-9-22)18(3)14-23(24,25)26/h4,6,10,15,17-18H,5,7-9,11-14,16H2,1-3H3/t18-/m0/s1. The third kappa shape index (κ3) is 5.42. The molecule has 3 heterocycles. The van der Waals surface area contributed by atoms with E-state index < -0.39 is 24.2 Å². The van der Waals surface area contributed by atoms with E-state index in [0.717, 1.165) is 5.56 Å². The Kier molecular flexibility index (Phi) is 7.47. The second-order valence-corrected chi connectivity index (χ2v) is 9.44. The van der Waals surface area contributed by atoms with E-state index in [1.54, 1.807) is 29.1 Å². The Morgan fingerprint density at radius 1 is 1.16 bits per heavy atom. The van der Waals surface area contributed by atoms with Crippen LogP contribution in [0.1, 0.15) is 52.0 Å². The molecule has 0 unspecified atom stereocenters. The van der Waals surface area contributed by atoms with Crippen LogP contribution in [0.3, 0.4) is 0 Å². The number of hydrogen-bond acceptors (Lipinski definition) is 4. The van der Waals surface area contributed by atoms with Crippen LogP contribution in [0.4, 0.5) is 18.0 Å². The first-order valence-corrected chi connectivity index (χ1v) is 11.4. The molecule has 0 bridgehead atoms. The lowest BCUT2D eigenvalue weighted by Gasteiger charge is -2.44. The molecule has 2 aliphatic rings. The lowest BCUT2D eigenvalue weighted by Crippen LogP contribution is -2.58. The number of hydrogen-bond donors (Lipinski definition) is 0. The first-order valence-electron chi connectivity index (χ1n) is 11.4. The van der Waals surface area contributed by atoms with E-state index in [1.807, 2.05) is 26.0 Å². The van der Waals surface area contributed by atoms with Gasteiger partial charge < -0.3 is 9.80 Å². The smallest absolute Gasteiger partial charge is 0.309 e. The number of urea groups is 1. The van der Waals surface area contributed by atoms with E-state index in [-0.39, 0.29) is 17.9 Å². The number of carbonyl (C=O) groups excluding carboxylic acids is 2. The van der Waals surface area contributed by atoms with Crippen molar-refractivity contribution in [1.29, 1.82) is 0 Å². The third-order valence-corrected chi connectivity index (χ3v) is 6.51. The molecule has 1 atom stereocenters. The fourth-order valence-electron chi connectivity index (χ4n) is 4.87. The lowest BCUT2D eigenvalue weighted by atomic mass is 9.84. The molecule has 0 radical (unpaired) electrons. The van der Waals surface area contributed by atoms with Gasteiger partial charge >= 0.3 is 12.2 Å². The van der Waals surface area contributed by atoms with Crippen molar-refractivity contribution >= 4 is 11.9 Å². The normalized spacial score (nSPS) is 20.6. The van der Waals surface area contributed by atoms with Gasteiger partial charge in [-0.05, 0) is 50.2 Å². The van der Waals surface area contributed by atoms with Gasteiger partial charge in [0.05, 0.1) is 6.42 Å². The molecule has 6 nitrogen and oxygen atoms in total. The van der Waals surface area contributed by atoms with Crippen LogP contribution in [0.15, 0.2) is 24.5 Å². The van der Waals surface area contributed by atoms with E-state index in [0.29, 0.717) is 51.9 Å². The fourth-order valence-corrected chi connectivity index (χ4v) is 4.87. The predicted molar refractivity (Wildman–Crippen MR) is 115 cm³/mol. The summed E-state index contributed by atoms with van der Waals surface area (Å²) in [5.74, 6) is -0.0152. The molecule has 0 saturated carbocycles. The average Bonchev–Trinajstić information content (AvgIpc) is 2.90. The van der Waals surface area contributed by atoms with E-state index in [1.165, 1.54) is 4.90 Å². The highest BCUT2D eigenvalue weighted by Crippen LogP contribution is 2.39. The van der Waals surface area contributed by atoms with Crippen LogP contribution in [0.2, 0.25) is 0 Å². The molecule has 9 heteroatoms. The van der Waals surface area contributed by atoms with E-state index in [4.69, 9.17) is 0 Å². The van der Waals surface area contributed by atoms with Crippen molar-refractivity contribution in [3.63, 3.8) is 0 Å². The number of imide groups is 1. The lowest BCUT2D eigenvalue weighted by molar-refractivity contribution is -0.150. The highest BCUT2D eigenvalue weighted by molar-refractivity contribution is 6.07. The Morgan fingerprint density at radius 2 is 1.84 bits per heavy atom. The number of nitrogens with zero attached hydrogens (tertiary/aromatic N) is 4. The molecular weight excluding hydrogens is 421 g/mol. The number of aromatic nitrogens is 1. The number of aryl methyl sites for hydroxylation is 1. The highest BCUT2D eigenvalue weighted by atomic mass is 19.4. The third-order valence-electron chi connectivity index (χ3n) is 6.51. The van der Waals surface area contributed by atoms with Gasteiger partial charge in [-0.15, -0.1) is 0 Å². The zero-order valence-electron chi connectivity index (χ0n) is 19.1. The van der Waals surface area contributed by atoms with Crippen LogP contribution in [0.5, 0.6) is 0 Å². The van der Waals surface area contributed by atoms with Crippen molar-refractivity contribution in [1.82, 2.24) is 19.7 Å². The molecule has 0 N–H and O–H groups in total. The summed E-state index contributed by atoms with van der Waals surface area (Å²) in [6.45, 7) is 7.10. The quantitative estimate of drug-likeness (QED) is 0.555. The Bertz CT molecular complexity index is 792. The zero-order chi connectivity index (χ0) is 23.5. The summed E-state index contributed by atoms with van der Waals surface area (Å²) in [6, 6.07) is 2.90. The van der Waals surface area contributed by atoms with Crippen LogP contribution >= 0.6 is 0 Å². The predicted octanol–water partition coefficient (Wildman–Crippen LogP) is 4.11. The Hall–Kier alpha value is -2.16. The maximum Gasteiger partial charge on any atom is 0.390 e. The van der Waals surface area contributed by atoms with Crippen LogP contribution < -0.4 is 0 Å². The Labute approximate surface area is 187 Å². The van der Waals surface area contributed by atoms with Crippen LogP contribution in [-0.2, 0) is 11.2 Å². The van der Waals surface area contributed by atoms with Crippen LogP contribution in [-0.4, -0.2) is 75.6 Å². The molecular formula is C23H33F3N4O2. The molecule has 32 heavy (non-hydrogen) atoms. The van der Waals surface area contributed by atoms with Gasteiger partial charge in [-0.3, -0.25) is 14.7 Å². The molecule has 1 aromatic heterocycles. The van der Waals surface area contributed by atoms with Gasteiger partial charge in [-0.2, -0.15) is 13.2 Å². The van der Waals surface area contributed by atoms with Gasteiger partial charge in [0.2, 0.25) is 0 Å². The number of pyridine rings is 1. The number of likely N-dealkylation sites (tertiary alicyclic amines) is 1. The Morgan fingerprint density at radius 3 is 2.41 bits per heavy atom. The summed E-state index contributed by atoms with van der Waals surface area (Å²) in [5.41, 5.74) is 0.108. The zero-order valence-corrected chi connectivity index (χ0v) is 19.1. The topological polar surface area (TPSA) is 56.8 Å². The molecule has 0 aliphatic carbocycles. The minimum atomic E-state index is -4.22. The van der Waals surface area contributed by atoms with Crippen LogP contribution in [0.25, 0.3) is 0 Å². The van der Waals surface area contributed by atoms with Crippen molar-refractivity contribution in [3.8, 4) is 0 Å². The monoisotopic (exact) mass is 454 g/mol. The molecule has 0 aromatic carbocycles. The number of rotatable bonds is 8. The van der Waals surface area contributed by atoms with E-state index in [9.17, 15) is 22.8 Å². The largest absolute Gasteiger partial charge is 0.390 e. The molecule has 3 amide bonds. The second-order valence-electron chi connectivity index (χ2n) is 9.44.